The maximum Gasteiger partial charge on any atom is 0.306 e. The third kappa shape index (κ3) is 67.5. The van der Waals surface area contributed by atoms with Gasteiger partial charge in [-0.1, -0.05) is 331 Å². The largest absolute Gasteiger partial charge is 0.462 e. The van der Waals surface area contributed by atoms with Crippen LogP contribution >= 0.6 is 0 Å². The van der Waals surface area contributed by atoms with Crippen molar-refractivity contribution in [3.05, 3.63) is 72.9 Å². The van der Waals surface area contributed by atoms with Gasteiger partial charge in [-0.15, -0.1) is 0 Å². The van der Waals surface area contributed by atoms with Crippen LogP contribution in [-0.2, 0) is 28.6 Å². The van der Waals surface area contributed by atoms with E-state index in [0.717, 1.165) is 89.9 Å². The van der Waals surface area contributed by atoms with Crippen LogP contribution in [0.5, 0.6) is 0 Å². The van der Waals surface area contributed by atoms with E-state index in [2.05, 4.69) is 93.7 Å². The zero-order chi connectivity index (χ0) is 58.5. The van der Waals surface area contributed by atoms with Crippen molar-refractivity contribution < 1.29 is 28.6 Å². The van der Waals surface area contributed by atoms with Crippen molar-refractivity contribution in [1.29, 1.82) is 0 Å². The van der Waals surface area contributed by atoms with Crippen molar-refractivity contribution in [3.8, 4) is 0 Å². The molecule has 0 bridgehead atoms. The average molecular weight is 1130 g/mol. The van der Waals surface area contributed by atoms with Crippen molar-refractivity contribution in [1.82, 2.24) is 0 Å². The minimum absolute atomic E-state index is 0.0702. The van der Waals surface area contributed by atoms with Crippen molar-refractivity contribution in [2.75, 3.05) is 13.2 Å². The fraction of sp³-hybridized carbons (Fsp3) is 0.800. The van der Waals surface area contributed by atoms with E-state index in [4.69, 9.17) is 14.2 Å². The topological polar surface area (TPSA) is 78.9 Å². The highest BCUT2D eigenvalue weighted by molar-refractivity contribution is 5.71. The molecule has 81 heavy (non-hydrogen) atoms. The summed E-state index contributed by atoms with van der Waals surface area (Å²) < 4.78 is 16.9. The second kappa shape index (κ2) is 69.3. The van der Waals surface area contributed by atoms with Gasteiger partial charge in [0.2, 0.25) is 0 Å². The summed E-state index contributed by atoms with van der Waals surface area (Å²) in [5.74, 6) is -0.853. The van der Waals surface area contributed by atoms with Crippen LogP contribution in [0.4, 0.5) is 0 Å². The Morgan fingerprint density at radius 3 is 0.765 bits per heavy atom. The van der Waals surface area contributed by atoms with Gasteiger partial charge in [0.25, 0.3) is 0 Å². The molecule has 0 amide bonds. The van der Waals surface area contributed by atoms with E-state index >= 15 is 0 Å². The Balaban J connectivity index is 4.11. The Kier molecular flexibility index (Phi) is 66.6. The molecule has 0 aromatic carbocycles. The van der Waals surface area contributed by atoms with Crippen molar-refractivity contribution in [2.45, 2.75) is 374 Å². The Morgan fingerprint density at radius 2 is 0.481 bits per heavy atom. The van der Waals surface area contributed by atoms with Gasteiger partial charge in [-0.3, -0.25) is 14.4 Å². The third-order valence-corrected chi connectivity index (χ3v) is 15.7. The second-order valence-corrected chi connectivity index (χ2v) is 23.8. The molecule has 0 rings (SSSR count). The van der Waals surface area contributed by atoms with Crippen LogP contribution in [0.2, 0.25) is 0 Å². The highest BCUT2D eigenvalue weighted by Crippen LogP contribution is 2.18. The lowest BCUT2D eigenvalue weighted by Crippen LogP contribution is -2.30. The Labute approximate surface area is 503 Å². The summed E-state index contributed by atoms with van der Waals surface area (Å²) in [4.78, 5) is 38.3. The van der Waals surface area contributed by atoms with Gasteiger partial charge in [-0.25, -0.2) is 0 Å². The summed E-state index contributed by atoms with van der Waals surface area (Å²) in [5.41, 5.74) is 0. The molecule has 0 aromatic rings. The first-order chi connectivity index (χ1) is 40.0. The molecule has 470 valence electrons. The molecular formula is C75H134O6. The first-order valence-corrected chi connectivity index (χ1v) is 35.4. The first-order valence-electron chi connectivity index (χ1n) is 35.4. The molecule has 0 fully saturated rings. The maximum absolute atomic E-state index is 12.9. The molecule has 6 nitrogen and oxygen atoms in total. The summed E-state index contributed by atoms with van der Waals surface area (Å²) in [6.45, 7) is 6.56. The van der Waals surface area contributed by atoms with Gasteiger partial charge in [0.05, 0.1) is 0 Å². The Bertz CT molecular complexity index is 1490. The number of rotatable bonds is 65. The number of ether oxygens (including phenoxy) is 3. The molecule has 6 heteroatoms. The SMILES string of the molecule is CC/C=C\C/C=C\C/C=C\C/C=C\C/C=C\CCCCCCCCCCCCCCCCCC(=O)OCC(COC(=O)CCCCCCCCCCC)OC(=O)CCCCCCCCCCCCC/C=C\CCCCCCCCCC. The highest BCUT2D eigenvalue weighted by Gasteiger charge is 2.19. The molecule has 0 saturated carbocycles. The van der Waals surface area contributed by atoms with Gasteiger partial charge in [-0.2, -0.15) is 0 Å². The van der Waals surface area contributed by atoms with E-state index < -0.39 is 6.10 Å². The van der Waals surface area contributed by atoms with Gasteiger partial charge in [0.1, 0.15) is 13.2 Å². The number of carbonyl (C=O) groups is 3. The smallest absolute Gasteiger partial charge is 0.306 e. The number of allylic oxidation sites excluding steroid dienone is 12. The lowest BCUT2D eigenvalue weighted by molar-refractivity contribution is -0.167. The van der Waals surface area contributed by atoms with E-state index in [1.807, 2.05) is 0 Å². The van der Waals surface area contributed by atoms with Crippen molar-refractivity contribution >= 4 is 17.9 Å². The lowest BCUT2D eigenvalue weighted by Gasteiger charge is -2.18. The zero-order valence-electron chi connectivity index (χ0n) is 54.1. The van der Waals surface area contributed by atoms with Crippen LogP contribution in [-0.4, -0.2) is 37.2 Å². The molecule has 0 aliphatic rings. The van der Waals surface area contributed by atoms with Gasteiger partial charge in [0.15, 0.2) is 6.10 Å². The van der Waals surface area contributed by atoms with Crippen LogP contribution in [0.25, 0.3) is 0 Å². The first kappa shape index (κ1) is 77.9. The standard InChI is InChI=1S/C75H134O6/c1-4-7-10-13-16-19-21-23-25-27-29-31-33-34-35-36-37-38-39-40-42-43-45-47-49-51-53-56-59-62-65-68-74(77)80-71-72(70-79-73(76)67-64-61-58-55-18-15-12-9-6-3)81-75(78)69-66-63-60-57-54-52-50-48-46-44-41-32-30-28-26-24-22-20-17-14-11-8-5-2/h7,10,16,19,23,25,28-31,34-35,72H,4-6,8-9,11-15,17-18,20-22,24,26-27,32-33,36-71H2,1-3H3/b10-7-,19-16-,25-23-,30-28-,31-29-,35-34-. The second-order valence-electron chi connectivity index (χ2n) is 23.8. The van der Waals surface area contributed by atoms with Gasteiger partial charge in [-0.05, 0) is 89.9 Å². The number of hydrogen-bond donors (Lipinski definition) is 0. The predicted molar refractivity (Wildman–Crippen MR) is 353 cm³/mol. The summed E-state index contributed by atoms with van der Waals surface area (Å²) in [7, 11) is 0. The Hall–Kier alpha value is -3.15. The minimum Gasteiger partial charge on any atom is -0.462 e. The molecule has 0 aromatic heterocycles. The minimum atomic E-state index is -0.772. The maximum atomic E-state index is 12.9. The van der Waals surface area contributed by atoms with E-state index in [1.54, 1.807) is 0 Å². The number of carbonyl (C=O) groups excluding carboxylic acids is 3. The quantitative estimate of drug-likeness (QED) is 0.0261. The van der Waals surface area contributed by atoms with E-state index in [9.17, 15) is 14.4 Å². The van der Waals surface area contributed by atoms with Crippen LogP contribution in [0, 0.1) is 0 Å². The van der Waals surface area contributed by atoms with Crippen LogP contribution < -0.4 is 0 Å². The number of esters is 3. The Morgan fingerprint density at radius 1 is 0.259 bits per heavy atom. The molecule has 0 saturated heterocycles. The monoisotopic (exact) mass is 1130 g/mol. The molecule has 0 spiro atoms. The van der Waals surface area contributed by atoms with Crippen molar-refractivity contribution in [2.24, 2.45) is 0 Å². The van der Waals surface area contributed by atoms with E-state index in [-0.39, 0.29) is 31.1 Å². The molecule has 0 radical (unpaired) electrons. The number of hydrogen-bond acceptors (Lipinski definition) is 6. The zero-order valence-corrected chi connectivity index (χ0v) is 54.1. The molecule has 0 heterocycles. The fourth-order valence-electron chi connectivity index (χ4n) is 10.4. The van der Waals surface area contributed by atoms with Crippen LogP contribution in [0.15, 0.2) is 72.9 Å². The molecule has 0 N–H and O–H groups in total. The molecular weight excluding hydrogens is 997 g/mol. The molecule has 0 aliphatic carbocycles. The average Bonchev–Trinajstić information content (AvgIpc) is 3.47. The molecule has 0 aliphatic heterocycles. The predicted octanol–water partition coefficient (Wildman–Crippen LogP) is 24.4. The van der Waals surface area contributed by atoms with E-state index in [1.165, 1.54) is 238 Å². The summed E-state index contributed by atoms with van der Waals surface area (Å²) in [5, 5.41) is 0. The summed E-state index contributed by atoms with van der Waals surface area (Å²) >= 11 is 0. The van der Waals surface area contributed by atoms with Gasteiger partial charge in [0, 0.05) is 19.3 Å². The normalized spacial score (nSPS) is 12.5. The number of unbranched alkanes of at least 4 members (excludes halogenated alkanes) is 42. The van der Waals surface area contributed by atoms with Gasteiger partial charge >= 0.3 is 17.9 Å². The fourth-order valence-corrected chi connectivity index (χ4v) is 10.4. The lowest BCUT2D eigenvalue weighted by atomic mass is 10.0. The van der Waals surface area contributed by atoms with E-state index in [0.29, 0.717) is 19.3 Å². The summed E-state index contributed by atoms with van der Waals surface area (Å²) in [6.07, 6.45) is 90.9. The van der Waals surface area contributed by atoms with Crippen LogP contribution in [0.1, 0.15) is 367 Å². The third-order valence-electron chi connectivity index (χ3n) is 15.7. The molecule has 1 atom stereocenters. The van der Waals surface area contributed by atoms with Crippen molar-refractivity contribution in [3.63, 3.8) is 0 Å². The highest BCUT2D eigenvalue weighted by atomic mass is 16.6. The van der Waals surface area contributed by atoms with Crippen LogP contribution in [0.3, 0.4) is 0 Å². The van der Waals surface area contributed by atoms with Gasteiger partial charge < -0.3 is 14.2 Å². The molecule has 1 unspecified atom stereocenters. The summed E-state index contributed by atoms with van der Waals surface area (Å²) in [6, 6.07) is 0.